The Morgan fingerprint density at radius 3 is 2.55 bits per heavy atom. The molecule has 1 saturated heterocycles. The minimum Gasteiger partial charge on any atom is -0.496 e. The normalized spacial score (nSPS) is 19.9. The number of amides is 1. The predicted octanol–water partition coefficient (Wildman–Crippen LogP) is 3.82. The average Bonchev–Trinajstić information content (AvgIpc) is 2.75. The van der Waals surface area contributed by atoms with Gasteiger partial charge in [-0.15, -0.1) is 0 Å². The van der Waals surface area contributed by atoms with Crippen LogP contribution in [0.5, 0.6) is 5.75 Å². The van der Waals surface area contributed by atoms with Gasteiger partial charge in [-0.05, 0) is 70.2 Å². The van der Waals surface area contributed by atoms with Gasteiger partial charge in [-0.25, -0.2) is 4.79 Å². The summed E-state index contributed by atoms with van der Waals surface area (Å²) in [5.74, 6) is 1.04. The molecular formula is C25H41N3O3. The molecule has 1 aromatic carbocycles. The molecule has 31 heavy (non-hydrogen) atoms. The van der Waals surface area contributed by atoms with E-state index in [1.54, 1.807) is 7.11 Å². The van der Waals surface area contributed by atoms with Gasteiger partial charge in [0.15, 0.2) is 0 Å². The summed E-state index contributed by atoms with van der Waals surface area (Å²) in [6.45, 7) is 14.7. The SMILES string of the molecule is CCCN(CCN1CCN(C(=O)OC(C)(C)C)CC1)[C@H]1CCc2c(cccc2OC)C1. The molecule has 0 spiro atoms. The van der Waals surface area contributed by atoms with Crippen molar-refractivity contribution in [3.8, 4) is 5.75 Å². The Kier molecular flexibility index (Phi) is 8.23. The van der Waals surface area contributed by atoms with Crippen molar-refractivity contribution in [2.24, 2.45) is 0 Å². The molecule has 0 unspecified atom stereocenters. The van der Waals surface area contributed by atoms with Crippen LogP contribution in [-0.4, -0.2) is 85.4 Å². The van der Waals surface area contributed by atoms with Gasteiger partial charge in [0.25, 0.3) is 0 Å². The first-order chi connectivity index (χ1) is 14.8. The van der Waals surface area contributed by atoms with Crippen LogP contribution in [-0.2, 0) is 17.6 Å². The first kappa shape index (κ1) is 23.9. The second-order valence-corrected chi connectivity index (χ2v) is 9.84. The second kappa shape index (κ2) is 10.7. The molecule has 0 saturated carbocycles. The lowest BCUT2D eigenvalue weighted by Crippen LogP contribution is -2.52. The fraction of sp³-hybridized carbons (Fsp3) is 0.720. The highest BCUT2D eigenvalue weighted by Gasteiger charge is 2.28. The molecule has 3 rings (SSSR count). The fourth-order valence-corrected chi connectivity index (χ4v) is 4.77. The maximum atomic E-state index is 12.3. The van der Waals surface area contributed by atoms with Gasteiger partial charge in [0.1, 0.15) is 11.4 Å². The zero-order valence-electron chi connectivity index (χ0n) is 20.2. The number of nitrogens with zero attached hydrogens (tertiary/aromatic N) is 3. The third kappa shape index (κ3) is 6.59. The summed E-state index contributed by atoms with van der Waals surface area (Å²) in [4.78, 5) is 19.3. The molecule has 6 nitrogen and oxygen atoms in total. The maximum Gasteiger partial charge on any atom is 0.410 e. The number of fused-ring (bicyclic) bond motifs is 1. The summed E-state index contributed by atoms with van der Waals surface area (Å²) in [5.41, 5.74) is 2.41. The maximum absolute atomic E-state index is 12.3. The number of benzene rings is 1. The molecule has 0 bridgehead atoms. The van der Waals surface area contributed by atoms with Crippen molar-refractivity contribution in [2.45, 2.75) is 65.0 Å². The largest absolute Gasteiger partial charge is 0.496 e. The van der Waals surface area contributed by atoms with Crippen molar-refractivity contribution in [3.63, 3.8) is 0 Å². The Labute approximate surface area is 188 Å². The number of piperazine rings is 1. The lowest BCUT2D eigenvalue weighted by atomic mass is 9.86. The first-order valence-corrected chi connectivity index (χ1v) is 11.9. The zero-order valence-corrected chi connectivity index (χ0v) is 20.2. The van der Waals surface area contributed by atoms with Crippen LogP contribution in [0.4, 0.5) is 4.79 Å². The highest BCUT2D eigenvalue weighted by atomic mass is 16.6. The molecule has 0 radical (unpaired) electrons. The Hall–Kier alpha value is -1.79. The van der Waals surface area contributed by atoms with Crippen LogP contribution in [0, 0.1) is 0 Å². The summed E-state index contributed by atoms with van der Waals surface area (Å²) < 4.78 is 11.1. The van der Waals surface area contributed by atoms with E-state index in [1.807, 2.05) is 25.7 Å². The lowest BCUT2D eigenvalue weighted by Gasteiger charge is -2.39. The van der Waals surface area contributed by atoms with Crippen LogP contribution < -0.4 is 4.74 Å². The smallest absolute Gasteiger partial charge is 0.410 e. The standard InChI is InChI=1S/C25H41N3O3/c1-6-12-27(21-10-11-22-20(19-21)8-7-9-23(22)30-5)16-13-26-14-17-28(18-15-26)24(29)31-25(2,3)4/h7-9,21H,6,10-19H2,1-5H3/t21-/m0/s1. The van der Waals surface area contributed by atoms with Crippen LogP contribution in [0.2, 0.25) is 0 Å². The van der Waals surface area contributed by atoms with Crippen molar-refractivity contribution in [2.75, 3.05) is 52.9 Å². The van der Waals surface area contributed by atoms with E-state index in [-0.39, 0.29) is 6.09 Å². The number of rotatable bonds is 7. The van der Waals surface area contributed by atoms with E-state index in [0.29, 0.717) is 6.04 Å². The minimum atomic E-state index is -0.433. The van der Waals surface area contributed by atoms with Crippen molar-refractivity contribution in [1.29, 1.82) is 0 Å². The molecule has 6 heteroatoms. The number of carbonyl (C=O) groups is 1. The van der Waals surface area contributed by atoms with E-state index in [2.05, 4.69) is 34.9 Å². The fourth-order valence-electron chi connectivity index (χ4n) is 4.77. The second-order valence-electron chi connectivity index (χ2n) is 9.84. The molecule has 1 aliphatic heterocycles. The highest BCUT2D eigenvalue weighted by Crippen LogP contribution is 2.31. The van der Waals surface area contributed by atoms with Gasteiger partial charge in [-0.3, -0.25) is 9.80 Å². The summed E-state index contributed by atoms with van der Waals surface area (Å²) >= 11 is 0. The van der Waals surface area contributed by atoms with Crippen LogP contribution in [0.25, 0.3) is 0 Å². The predicted molar refractivity (Wildman–Crippen MR) is 125 cm³/mol. The summed E-state index contributed by atoms with van der Waals surface area (Å²) in [6.07, 6.45) is 4.39. The van der Waals surface area contributed by atoms with Crippen LogP contribution in [0.1, 0.15) is 51.7 Å². The molecule has 1 aromatic rings. The molecule has 1 amide bonds. The number of ether oxygens (including phenoxy) is 2. The monoisotopic (exact) mass is 431 g/mol. The topological polar surface area (TPSA) is 45.2 Å². The Morgan fingerprint density at radius 1 is 1.16 bits per heavy atom. The number of hydrogen-bond donors (Lipinski definition) is 0. The molecule has 174 valence electrons. The van der Waals surface area contributed by atoms with Crippen molar-refractivity contribution >= 4 is 6.09 Å². The third-order valence-corrected chi connectivity index (χ3v) is 6.39. The zero-order chi connectivity index (χ0) is 22.4. The molecule has 1 fully saturated rings. The molecule has 1 aliphatic carbocycles. The van der Waals surface area contributed by atoms with Gasteiger partial charge in [0.05, 0.1) is 7.11 Å². The van der Waals surface area contributed by atoms with E-state index >= 15 is 0 Å². The Balaban J connectivity index is 1.50. The Morgan fingerprint density at radius 2 is 1.90 bits per heavy atom. The molecule has 2 aliphatic rings. The van der Waals surface area contributed by atoms with E-state index in [1.165, 1.54) is 24.0 Å². The van der Waals surface area contributed by atoms with Crippen molar-refractivity contribution < 1.29 is 14.3 Å². The number of carbonyl (C=O) groups excluding carboxylic acids is 1. The van der Waals surface area contributed by atoms with Gasteiger partial charge >= 0.3 is 6.09 Å². The molecular weight excluding hydrogens is 390 g/mol. The van der Waals surface area contributed by atoms with Gasteiger partial charge in [-0.2, -0.15) is 0 Å². The number of methoxy groups -OCH3 is 1. The van der Waals surface area contributed by atoms with Gasteiger partial charge in [-0.1, -0.05) is 19.1 Å². The average molecular weight is 432 g/mol. The third-order valence-electron chi connectivity index (χ3n) is 6.39. The van der Waals surface area contributed by atoms with Crippen molar-refractivity contribution in [1.82, 2.24) is 14.7 Å². The van der Waals surface area contributed by atoms with E-state index < -0.39 is 5.60 Å². The highest BCUT2D eigenvalue weighted by molar-refractivity contribution is 5.68. The molecule has 0 aromatic heterocycles. The lowest BCUT2D eigenvalue weighted by molar-refractivity contribution is 0.0134. The van der Waals surface area contributed by atoms with Crippen LogP contribution in [0.3, 0.4) is 0 Å². The van der Waals surface area contributed by atoms with Crippen molar-refractivity contribution in [3.05, 3.63) is 29.3 Å². The summed E-state index contributed by atoms with van der Waals surface area (Å²) in [7, 11) is 1.77. The minimum absolute atomic E-state index is 0.184. The van der Waals surface area contributed by atoms with Gasteiger partial charge in [0.2, 0.25) is 0 Å². The summed E-state index contributed by atoms with van der Waals surface area (Å²) in [5, 5.41) is 0. The van der Waals surface area contributed by atoms with Crippen LogP contribution >= 0.6 is 0 Å². The molecule has 1 heterocycles. The first-order valence-electron chi connectivity index (χ1n) is 11.9. The van der Waals surface area contributed by atoms with Gasteiger partial charge < -0.3 is 14.4 Å². The molecule has 0 N–H and O–H groups in total. The van der Waals surface area contributed by atoms with E-state index in [4.69, 9.17) is 9.47 Å². The van der Waals surface area contributed by atoms with Crippen LogP contribution in [0.15, 0.2) is 18.2 Å². The van der Waals surface area contributed by atoms with E-state index in [0.717, 1.165) is 64.4 Å². The quantitative estimate of drug-likeness (QED) is 0.657. The van der Waals surface area contributed by atoms with Gasteiger partial charge in [0, 0.05) is 45.3 Å². The molecule has 1 atom stereocenters. The van der Waals surface area contributed by atoms with E-state index in [9.17, 15) is 4.79 Å². The summed E-state index contributed by atoms with van der Waals surface area (Å²) in [6, 6.07) is 7.07. The number of hydrogen-bond acceptors (Lipinski definition) is 5. The Bertz CT molecular complexity index is 723.